The lowest BCUT2D eigenvalue weighted by atomic mass is 10.1. The first-order chi connectivity index (χ1) is 7.02. The van der Waals surface area contributed by atoms with Gasteiger partial charge in [0.1, 0.15) is 5.82 Å². The van der Waals surface area contributed by atoms with Crippen LogP contribution in [0, 0.1) is 12.7 Å². The molecule has 0 aliphatic carbocycles. The van der Waals surface area contributed by atoms with Crippen molar-refractivity contribution in [3.8, 4) is 0 Å². The second kappa shape index (κ2) is 4.94. The number of aryl methyl sites for hydroxylation is 1. The van der Waals surface area contributed by atoms with E-state index >= 15 is 0 Å². The Morgan fingerprint density at radius 1 is 1.60 bits per heavy atom. The predicted octanol–water partition coefficient (Wildman–Crippen LogP) is 2.62. The number of hydrogen-bond donors (Lipinski definition) is 1. The molecule has 1 aromatic rings. The van der Waals surface area contributed by atoms with E-state index in [9.17, 15) is 9.18 Å². The van der Waals surface area contributed by atoms with Gasteiger partial charge in [0.25, 0.3) is 5.91 Å². The number of amides is 1. The summed E-state index contributed by atoms with van der Waals surface area (Å²) in [6.07, 6.45) is 0. The zero-order chi connectivity index (χ0) is 11.4. The number of rotatable bonds is 3. The fraction of sp³-hybridized carbons (Fsp3) is 0.182. The van der Waals surface area contributed by atoms with Gasteiger partial charge in [0.05, 0.1) is 12.1 Å². The Morgan fingerprint density at radius 3 is 2.87 bits per heavy atom. The third-order valence-corrected chi connectivity index (χ3v) is 2.01. The van der Waals surface area contributed by atoms with E-state index in [1.54, 1.807) is 19.1 Å². The average Bonchev–Trinajstić information content (AvgIpc) is 2.18. The molecule has 1 amide bonds. The summed E-state index contributed by atoms with van der Waals surface area (Å²) >= 11 is 5.48. The molecule has 0 aromatic heterocycles. The molecule has 0 atom stereocenters. The van der Waals surface area contributed by atoms with E-state index < -0.39 is 11.7 Å². The highest BCUT2D eigenvalue weighted by atomic mass is 35.5. The maximum atomic E-state index is 13.5. The first-order valence-electron chi connectivity index (χ1n) is 4.39. The van der Waals surface area contributed by atoms with Crippen LogP contribution < -0.4 is 5.32 Å². The van der Waals surface area contributed by atoms with Crippen molar-refractivity contribution >= 4 is 17.5 Å². The number of nitrogens with one attached hydrogen (secondary N) is 1. The van der Waals surface area contributed by atoms with Gasteiger partial charge in [-0.2, -0.15) is 0 Å². The standard InChI is InChI=1S/C11H11ClFNO/c1-7-4-3-5-9(10(7)13)11(15)14-6-8(2)12/h3-5H,2,6H2,1H3,(H,14,15). The molecule has 0 saturated carbocycles. The quantitative estimate of drug-likeness (QED) is 0.845. The second-order valence-corrected chi connectivity index (χ2v) is 3.67. The van der Waals surface area contributed by atoms with Crippen LogP contribution in [0.25, 0.3) is 0 Å². The average molecular weight is 228 g/mol. The van der Waals surface area contributed by atoms with E-state index in [1.807, 2.05) is 0 Å². The van der Waals surface area contributed by atoms with Crippen molar-refractivity contribution in [2.75, 3.05) is 6.54 Å². The maximum absolute atomic E-state index is 13.5. The molecule has 1 rings (SSSR count). The summed E-state index contributed by atoms with van der Waals surface area (Å²) in [7, 11) is 0. The Hall–Kier alpha value is -1.35. The van der Waals surface area contributed by atoms with Crippen molar-refractivity contribution in [1.82, 2.24) is 5.32 Å². The fourth-order valence-electron chi connectivity index (χ4n) is 1.09. The van der Waals surface area contributed by atoms with Crippen molar-refractivity contribution in [2.24, 2.45) is 0 Å². The maximum Gasteiger partial charge on any atom is 0.254 e. The van der Waals surface area contributed by atoms with Crippen LogP contribution in [0.4, 0.5) is 4.39 Å². The molecule has 1 aromatic carbocycles. The molecular formula is C11H11ClFNO. The molecule has 0 saturated heterocycles. The minimum Gasteiger partial charge on any atom is -0.347 e. The largest absolute Gasteiger partial charge is 0.347 e. The summed E-state index contributed by atoms with van der Waals surface area (Å²) in [5, 5.41) is 2.76. The lowest BCUT2D eigenvalue weighted by Crippen LogP contribution is -2.25. The predicted molar refractivity (Wildman–Crippen MR) is 58.5 cm³/mol. The third kappa shape index (κ3) is 3.06. The molecule has 0 aliphatic rings. The van der Waals surface area contributed by atoms with Gasteiger partial charge in [0.15, 0.2) is 0 Å². The van der Waals surface area contributed by atoms with Gasteiger partial charge in [-0.25, -0.2) is 4.39 Å². The van der Waals surface area contributed by atoms with E-state index in [0.717, 1.165) is 0 Å². The topological polar surface area (TPSA) is 29.1 Å². The number of benzene rings is 1. The molecule has 0 aliphatic heterocycles. The van der Waals surface area contributed by atoms with E-state index in [4.69, 9.17) is 11.6 Å². The lowest BCUT2D eigenvalue weighted by molar-refractivity contribution is 0.0953. The van der Waals surface area contributed by atoms with Gasteiger partial charge in [0.2, 0.25) is 0 Å². The minimum atomic E-state index is -0.504. The summed E-state index contributed by atoms with van der Waals surface area (Å²) in [6.45, 7) is 5.15. The van der Waals surface area contributed by atoms with Crippen molar-refractivity contribution in [3.05, 3.63) is 46.8 Å². The zero-order valence-electron chi connectivity index (χ0n) is 8.31. The Labute approximate surface area is 92.7 Å². The molecule has 80 valence electrons. The fourth-order valence-corrected chi connectivity index (χ4v) is 1.16. The summed E-state index contributed by atoms with van der Waals surface area (Å²) in [4.78, 5) is 11.5. The molecule has 0 fully saturated rings. The molecule has 0 spiro atoms. The summed E-state index contributed by atoms with van der Waals surface area (Å²) in [5.74, 6) is -0.992. The number of halogens is 2. The van der Waals surface area contributed by atoms with Gasteiger partial charge in [0, 0.05) is 5.03 Å². The van der Waals surface area contributed by atoms with E-state index in [0.29, 0.717) is 10.6 Å². The van der Waals surface area contributed by atoms with Gasteiger partial charge in [-0.1, -0.05) is 30.3 Å². The van der Waals surface area contributed by atoms with Crippen LogP contribution >= 0.6 is 11.6 Å². The highest BCUT2D eigenvalue weighted by molar-refractivity contribution is 6.29. The molecule has 0 heterocycles. The Bertz CT molecular complexity index is 404. The van der Waals surface area contributed by atoms with Gasteiger partial charge < -0.3 is 5.32 Å². The molecule has 15 heavy (non-hydrogen) atoms. The highest BCUT2D eigenvalue weighted by Crippen LogP contribution is 2.11. The number of hydrogen-bond acceptors (Lipinski definition) is 1. The molecular weight excluding hydrogens is 217 g/mol. The van der Waals surface area contributed by atoms with Crippen molar-refractivity contribution in [1.29, 1.82) is 0 Å². The first kappa shape index (κ1) is 11.7. The lowest BCUT2D eigenvalue weighted by Gasteiger charge is -2.06. The summed E-state index contributed by atoms with van der Waals surface area (Å²) < 4.78 is 13.5. The minimum absolute atomic E-state index is 0.0212. The second-order valence-electron chi connectivity index (χ2n) is 3.14. The van der Waals surface area contributed by atoms with E-state index in [-0.39, 0.29) is 12.1 Å². The first-order valence-corrected chi connectivity index (χ1v) is 4.76. The highest BCUT2D eigenvalue weighted by Gasteiger charge is 2.12. The molecule has 0 unspecified atom stereocenters. The monoisotopic (exact) mass is 227 g/mol. The summed E-state index contributed by atoms with van der Waals surface area (Å²) in [6, 6.07) is 4.66. The van der Waals surface area contributed by atoms with Crippen LogP contribution in [0.2, 0.25) is 0 Å². The van der Waals surface area contributed by atoms with Crippen LogP contribution in [-0.4, -0.2) is 12.5 Å². The van der Waals surface area contributed by atoms with Gasteiger partial charge in [-0.05, 0) is 18.6 Å². The van der Waals surface area contributed by atoms with Crippen LogP contribution in [0.3, 0.4) is 0 Å². The Morgan fingerprint density at radius 2 is 2.27 bits per heavy atom. The van der Waals surface area contributed by atoms with E-state index in [1.165, 1.54) is 6.07 Å². The van der Waals surface area contributed by atoms with Crippen LogP contribution in [0.15, 0.2) is 29.8 Å². The Kier molecular flexibility index (Phi) is 3.86. The SMILES string of the molecule is C=C(Cl)CNC(=O)c1cccc(C)c1F. The van der Waals surface area contributed by atoms with Crippen LogP contribution in [0.1, 0.15) is 15.9 Å². The molecule has 0 radical (unpaired) electrons. The smallest absolute Gasteiger partial charge is 0.254 e. The molecule has 1 N–H and O–H groups in total. The van der Waals surface area contributed by atoms with Gasteiger partial charge in [-0.15, -0.1) is 0 Å². The number of carbonyl (C=O) groups is 1. The third-order valence-electron chi connectivity index (χ3n) is 1.88. The van der Waals surface area contributed by atoms with Crippen molar-refractivity contribution in [3.63, 3.8) is 0 Å². The summed E-state index contributed by atoms with van der Waals surface area (Å²) in [5.41, 5.74) is 0.459. The number of carbonyl (C=O) groups excluding carboxylic acids is 1. The van der Waals surface area contributed by atoms with Gasteiger partial charge >= 0.3 is 0 Å². The normalized spacial score (nSPS) is 9.80. The zero-order valence-corrected chi connectivity index (χ0v) is 9.07. The van der Waals surface area contributed by atoms with E-state index in [2.05, 4.69) is 11.9 Å². The van der Waals surface area contributed by atoms with Gasteiger partial charge in [-0.3, -0.25) is 4.79 Å². The Balaban J connectivity index is 2.82. The van der Waals surface area contributed by atoms with Crippen molar-refractivity contribution in [2.45, 2.75) is 6.92 Å². The molecule has 4 heteroatoms. The molecule has 0 bridgehead atoms. The van der Waals surface area contributed by atoms with Crippen LogP contribution in [0.5, 0.6) is 0 Å². The van der Waals surface area contributed by atoms with Crippen molar-refractivity contribution < 1.29 is 9.18 Å². The molecule has 2 nitrogen and oxygen atoms in total. The van der Waals surface area contributed by atoms with Crippen LogP contribution in [-0.2, 0) is 0 Å².